The van der Waals surface area contributed by atoms with Gasteiger partial charge in [-0.1, -0.05) is 48.5 Å². The number of aliphatic carboxylic acids is 1. The highest BCUT2D eigenvalue weighted by atomic mass is 16.5. The third kappa shape index (κ3) is 5.36. The van der Waals surface area contributed by atoms with E-state index in [-0.39, 0.29) is 43.7 Å². The topological polar surface area (TPSA) is 134 Å². The second-order valence-electron chi connectivity index (χ2n) is 8.57. The quantitative estimate of drug-likeness (QED) is 0.448. The number of fused-ring (bicyclic) bond motifs is 3. The van der Waals surface area contributed by atoms with Crippen LogP contribution in [0, 0.1) is 5.92 Å². The van der Waals surface area contributed by atoms with Gasteiger partial charge < -0.3 is 25.8 Å². The Hall–Kier alpha value is -3.88. The minimum absolute atomic E-state index is 0.0361. The summed E-state index contributed by atoms with van der Waals surface area (Å²) in [5.74, 6) is -1.81. The maximum absolute atomic E-state index is 12.6. The van der Waals surface area contributed by atoms with Gasteiger partial charge in [0.05, 0.1) is 0 Å². The Balaban J connectivity index is 1.36. The zero-order valence-electron chi connectivity index (χ0n) is 18.6. The Morgan fingerprint density at radius 1 is 1.06 bits per heavy atom. The number of nitrogens with one attached hydrogen (secondary N) is 3. The summed E-state index contributed by atoms with van der Waals surface area (Å²) in [7, 11) is 0. The molecule has 0 bridgehead atoms. The maximum atomic E-state index is 12.6. The molecule has 1 aliphatic heterocycles. The van der Waals surface area contributed by atoms with Crippen molar-refractivity contribution in [3.8, 4) is 11.1 Å². The number of carbonyl (C=O) groups excluding carboxylic acids is 3. The van der Waals surface area contributed by atoms with Crippen LogP contribution in [0.5, 0.6) is 0 Å². The van der Waals surface area contributed by atoms with Gasteiger partial charge in [0.15, 0.2) is 0 Å². The van der Waals surface area contributed by atoms with Crippen LogP contribution in [-0.2, 0) is 19.1 Å². The van der Waals surface area contributed by atoms with E-state index in [1.54, 1.807) is 0 Å². The Kier molecular flexibility index (Phi) is 7.10. The molecule has 178 valence electrons. The predicted octanol–water partition coefficient (Wildman–Crippen LogP) is 2.01. The number of amides is 3. The first-order valence-electron chi connectivity index (χ1n) is 11.3. The molecule has 2 aliphatic rings. The number of ether oxygens (including phenoxy) is 1. The van der Waals surface area contributed by atoms with E-state index in [9.17, 15) is 19.2 Å². The standard InChI is InChI=1S/C25H27N3O6/c29-22-11-15(12-26-22)13-27-24(32)21(9-10-23(30)31)28-25(33)34-14-20-18-7-3-1-5-16(18)17-6-2-4-8-19(17)20/h1-8,15,20-21H,9-14H2,(H,26,29)(H,27,32)(H,28,33)(H,30,31). The van der Waals surface area contributed by atoms with Crippen LogP contribution in [0.2, 0.25) is 0 Å². The normalized spacial score (nSPS) is 17.3. The molecule has 1 aliphatic carbocycles. The van der Waals surface area contributed by atoms with Gasteiger partial charge in [0.2, 0.25) is 11.8 Å². The zero-order valence-corrected chi connectivity index (χ0v) is 18.6. The fourth-order valence-electron chi connectivity index (χ4n) is 4.50. The van der Waals surface area contributed by atoms with Crippen LogP contribution in [0.1, 0.15) is 36.3 Å². The number of rotatable bonds is 9. The number of carboxylic acid groups (broad SMARTS) is 1. The highest BCUT2D eigenvalue weighted by Gasteiger charge is 2.30. The third-order valence-corrected chi connectivity index (χ3v) is 6.23. The fourth-order valence-corrected chi connectivity index (χ4v) is 4.50. The molecule has 0 aromatic heterocycles. The van der Waals surface area contributed by atoms with E-state index < -0.39 is 24.0 Å². The molecule has 4 rings (SSSR count). The van der Waals surface area contributed by atoms with E-state index in [0.717, 1.165) is 22.3 Å². The molecule has 2 aromatic rings. The Bertz CT molecular complexity index is 1060. The monoisotopic (exact) mass is 465 g/mol. The Morgan fingerprint density at radius 2 is 1.71 bits per heavy atom. The molecule has 9 nitrogen and oxygen atoms in total. The minimum atomic E-state index is -1.07. The van der Waals surface area contributed by atoms with Crippen molar-refractivity contribution in [1.29, 1.82) is 0 Å². The molecule has 0 radical (unpaired) electrons. The van der Waals surface area contributed by atoms with Gasteiger partial charge >= 0.3 is 12.1 Å². The zero-order chi connectivity index (χ0) is 24.1. The second-order valence-corrected chi connectivity index (χ2v) is 8.57. The molecule has 0 saturated carbocycles. The van der Waals surface area contributed by atoms with Crippen molar-refractivity contribution in [3.63, 3.8) is 0 Å². The van der Waals surface area contributed by atoms with Gasteiger partial charge in [-0.3, -0.25) is 14.4 Å². The van der Waals surface area contributed by atoms with E-state index in [4.69, 9.17) is 9.84 Å². The van der Waals surface area contributed by atoms with Crippen LogP contribution in [0.15, 0.2) is 48.5 Å². The van der Waals surface area contributed by atoms with E-state index >= 15 is 0 Å². The summed E-state index contributed by atoms with van der Waals surface area (Å²) in [4.78, 5) is 47.6. The lowest BCUT2D eigenvalue weighted by Gasteiger charge is -2.20. The first-order chi connectivity index (χ1) is 16.4. The number of alkyl carbamates (subject to hydrolysis) is 1. The van der Waals surface area contributed by atoms with E-state index in [2.05, 4.69) is 16.0 Å². The average molecular weight is 466 g/mol. The summed E-state index contributed by atoms with van der Waals surface area (Å²) in [6, 6.07) is 14.8. The SMILES string of the molecule is O=C(O)CCC(NC(=O)OCC1c2ccccc2-c2ccccc21)C(=O)NCC1CNC(=O)C1. The van der Waals surface area contributed by atoms with Crippen LogP contribution in [0.25, 0.3) is 11.1 Å². The summed E-state index contributed by atoms with van der Waals surface area (Å²) in [5, 5.41) is 16.9. The van der Waals surface area contributed by atoms with Crippen LogP contribution in [-0.4, -0.2) is 54.7 Å². The van der Waals surface area contributed by atoms with Gasteiger partial charge in [0, 0.05) is 37.8 Å². The van der Waals surface area contributed by atoms with Gasteiger partial charge in [0.1, 0.15) is 12.6 Å². The number of carbonyl (C=O) groups is 4. The van der Waals surface area contributed by atoms with E-state index in [0.29, 0.717) is 13.0 Å². The first kappa shape index (κ1) is 23.3. The predicted molar refractivity (Wildman–Crippen MR) is 123 cm³/mol. The molecule has 0 spiro atoms. The van der Waals surface area contributed by atoms with Crippen molar-refractivity contribution >= 4 is 23.9 Å². The van der Waals surface area contributed by atoms with Crippen molar-refractivity contribution in [2.24, 2.45) is 5.92 Å². The number of benzene rings is 2. The van der Waals surface area contributed by atoms with Gasteiger partial charge in [-0.15, -0.1) is 0 Å². The molecule has 34 heavy (non-hydrogen) atoms. The molecule has 2 atom stereocenters. The Labute approximate surface area is 196 Å². The molecule has 1 heterocycles. The van der Waals surface area contributed by atoms with Crippen LogP contribution >= 0.6 is 0 Å². The first-order valence-corrected chi connectivity index (χ1v) is 11.3. The van der Waals surface area contributed by atoms with Crippen molar-refractivity contribution in [1.82, 2.24) is 16.0 Å². The smallest absolute Gasteiger partial charge is 0.407 e. The lowest BCUT2D eigenvalue weighted by molar-refractivity contribution is -0.137. The molecule has 4 N–H and O–H groups in total. The maximum Gasteiger partial charge on any atom is 0.407 e. The van der Waals surface area contributed by atoms with Gasteiger partial charge in [0.25, 0.3) is 0 Å². The molecule has 2 unspecified atom stereocenters. The third-order valence-electron chi connectivity index (χ3n) is 6.23. The molecule has 1 saturated heterocycles. The van der Waals surface area contributed by atoms with Crippen molar-refractivity contribution in [2.75, 3.05) is 19.7 Å². The summed E-state index contributed by atoms with van der Waals surface area (Å²) in [6.45, 7) is 0.815. The number of hydrogen-bond donors (Lipinski definition) is 4. The van der Waals surface area contributed by atoms with Gasteiger partial charge in [-0.2, -0.15) is 0 Å². The van der Waals surface area contributed by atoms with Crippen molar-refractivity contribution in [2.45, 2.75) is 31.2 Å². The van der Waals surface area contributed by atoms with Crippen molar-refractivity contribution in [3.05, 3.63) is 59.7 Å². The number of carboxylic acids is 1. The molecule has 2 aromatic carbocycles. The highest BCUT2D eigenvalue weighted by molar-refractivity contribution is 5.86. The van der Waals surface area contributed by atoms with E-state index in [1.807, 2.05) is 48.5 Å². The molecular formula is C25H27N3O6. The molecule has 3 amide bonds. The summed E-state index contributed by atoms with van der Waals surface area (Å²) < 4.78 is 5.49. The minimum Gasteiger partial charge on any atom is -0.481 e. The second kappa shape index (κ2) is 10.4. The average Bonchev–Trinajstić information content (AvgIpc) is 3.39. The van der Waals surface area contributed by atoms with Gasteiger partial charge in [-0.05, 0) is 28.7 Å². The summed E-state index contributed by atoms with van der Waals surface area (Å²) in [5.41, 5.74) is 4.34. The van der Waals surface area contributed by atoms with Crippen molar-refractivity contribution < 1.29 is 29.0 Å². The van der Waals surface area contributed by atoms with Crippen LogP contribution in [0.4, 0.5) is 4.79 Å². The largest absolute Gasteiger partial charge is 0.481 e. The lowest BCUT2D eigenvalue weighted by Crippen LogP contribution is -2.48. The lowest BCUT2D eigenvalue weighted by atomic mass is 9.98. The Morgan fingerprint density at radius 3 is 2.29 bits per heavy atom. The van der Waals surface area contributed by atoms with E-state index in [1.165, 1.54) is 0 Å². The molecule has 9 heteroatoms. The molecule has 1 fully saturated rings. The van der Waals surface area contributed by atoms with Crippen LogP contribution in [0.3, 0.4) is 0 Å². The highest BCUT2D eigenvalue weighted by Crippen LogP contribution is 2.44. The molecular weight excluding hydrogens is 438 g/mol. The summed E-state index contributed by atoms with van der Waals surface area (Å²) in [6.07, 6.45) is -0.830. The summed E-state index contributed by atoms with van der Waals surface area (Å²) >= 11 is 0. The van der Waals surface area contributed by atoms with Gasteiger partial charge in [-0.25, -0.2) is 4.79 Å². The fraction of sp³-hybridized carbons (Fsp3) is 0.360. The van der Waals surface area contributed by atoms with Crippen LogP contribution < -0.4 is 16.0 Å². The number of hydrogen-bond acceptors (Lipinski definition) is 5.